The van der Waals surface area contributed by atoms with Crippen LogP contribution in [-0.4, -0.2) is 46.8 Å². The fourth-order valence-electron chi connectivity index (χ4n) is 1.47. The number of carbonyl (C=O) groups excluding carboxylic acids is 1. The van der Waals surface area contributed by atoms with Gasteiger partial charge in [0, 0.05) is 13.1 Å². The number of benzene rings is 1. The van der Waals surface area contributed by atoms with E-state index in [0.29, 0.717) is 13.1 Å². The number of para-hydroxylation sites is 2. The molecule has 1 heterocycles. The van der Waals surface area contributed by atoms with Crippen molar-refractivity contribution in [1.29, 1.82) is 0 Å². The number of amides is 1. The monoisotopic (exact) mass is 223 g/mol. The highest BCUT2D eigenvalue weighted by atomic mass is 16.5. The number of phenols is 1. The Hall–Kier alpha value is -1.75. The van der Waals surface area contributed by atoms with Crippen LogP contribution in [-0.2, 0) is 4.79 Å². The molecular formula is C11H13NO4. The maximum atomic E-state index is 11.5. The van der Waals surface area contributed by atoms with Gasteiger partial charge in [0.2, 0.25) is 0 Å². The van der Waals surface area contributed by atoms with Crippen LogP contribution in [0.4, 0.5) is 0 Å². The standard InChI is InChI=1S/C11H13NO4/c13-8-5-12(6-8)11(15)7-16-10-4-2-1-3-9(10)14/h1-4,8,13-14H,5-7H2. The zero-order chi connectivity index (χ0) is 11.5. The lowest BCUT2D eigenvalue weighted by Crippen LogP contribution is -2.54. The minimum Gasteiger partial charge on any atom is -0.504 e. The molecule has 1 aliphatic rings. The molecule has 0 spiro atoms. The fourth-order valence-corrected chi connectivity index (χ4v) is 1.47. The second-order valence-corrected chi connectivity index (χ2v) is 3.71. The predicted octanol–water partition coefficient (Wildman–Crippen LogP) is -0.0259. The van der Waals surface area contributed by atoms with Crippen molar-refractivity contribution in [2.24, 2.45) is 0 Å². The second kappa shape index (κ2) is 4.40. The van der Waals surface area contributed by atoms with Gasteiger partial charge < -0.3 is 19.8 Å². The highest BCUT2D eigenvalue weighted by Crippen LogP contribution is 2.24. The molecule has 1 aliphatic heterocycles. The maximum absolute atomic E-state index is 11.5. The van der Waals surface area contributed by atoms with Crippen LogP contribution in [0.25, 0.3) is 0 Å². The van der Waals surface area contributed by atoms with E-state index in [0.717, 1.165) is 0 Å². The van der Waals surface area contributed by atoms with E-state index in [1.807, 2.05) is 0 Å². The van der Waals surface area contributed by atoms with Crippen molar-refractivity contribution in [1.82, 2.24) is 4.90 Å². The lowest BCUT2D eigenvalue weighted by Gasteiger charge is -2.35. The second-order valence-electron chi connectivity index (χ2n) is 3.71. The van der Waals surface area contributed by atoms with E-state index in [9.17, 15) is 9.90 Å². The van der Waals surface area contributed by atoms with E-state index < -0.39 is 6.10 Å². The molecule has 1 aromatic carbocycles. The summed E-state index contributed by atoms with van der Waals surface area (Å²) in [5, 5.41) is 18.4. The maximum Gasteiger partial charge on any atom is 0.260 e. The Kier molecular flexibility index (Phi) is 2.96. The van der Waals surface area contributed by atoms with E-state index in [4.69, 9.17) is 9.84 Å². The van der Waals surface area contributed by atoms with Gasteiger partial charge in [0.1, 0.15) is 0 Å². The van der Waals surface area contributed by atoms with E-state index in [1.54, 1.807) is 18.2 Å². The smallest absolute Gasteiger partial charge is 0.260 e. The molecule has 5 nitrogen and oxygen atoms in total. The van der Waals surface area contributed by atoms with Crippen molar-refractivity contribution in [3.05, 3.63) is 24.3 Å². The molecule has 0 bridgehead atoms. The molecule has 0 saturated carbocycles. The normalized spacial score (nSPS) is 15.7. The largest absolute Gasteiger partial charge is 0.504 e. The van der Waals surface area contributed by atoms with Crippen LogP contribution < -0.4 is 4.74 Å². The van der Waals surface area contributed by atoms with Crippen molar-refractivity contribution < 1.29 is 19.7 Å². The molecule has 2 rings (SSSR count). The number of β-amino-alcohol motifs (C(OH)–C–C–N with tert-alkyl or cyclic N) is 1. The first-order valence-corrected chi connectivity index (χ1v) is 5.03. The number of phenolic OH excluding ortho intramolecular Hbond substituents is 1. The summed E-state index contributed by atoms with van der Waals surface area (Å²) >= 11 is 0. The fraction of sp³-hybridized carbons (Fsp3) is 0.364. The summed E-state index contributed by atoms with van der Waals surface area (Å²) in [5.41, 5.74) is 0. The summed E-state index contributed by atoms with van der Waals surface area (Å²) < 4.78 is 5.17. The first-order chi connectivity index (χ1) is 7.66. The summed E-state index contributed by atoms with van der Waals surface area (Å²) in [6.45, 7) is 0.607. The van der Waals surface area contributed by atoms with Crippen molar-refractivity contribution in [2.75, 3.05) is 19.7 Å². The van der Waals surface area contributed by atoms with Gasteiger partial charge in [0.25, 0.3) is 5.91 Å². The van der Waals surface area contributed by atoms with Gasteiger partial charge in [0.05, 0.1) is 6.10 Å². The Morgan fingerprint density at radius 2 is 2.12 bits per heavy atom. The Balaban J connectivity index is 1.83. The first-order valence-electron chi connectivity index (χ1n) is 5.03. The topological polar surface area (TPSA) is 70.0 Å². The molecule has 86 valence electrons. The van der Waals surface area contributed by atoms with Crippen LogP contribution in [0.1, 0.15) is 0 Å². The van der Waals surface area contributed by atoms with Crippen LogP contribution in [0.5, 0.6) is 11.5 Å². The van der Waals surface area contributed by atoms with E-state index >= 15 is 0 Å². The number of ether oxygens (including phenoxy) is 1. The summed E-state index contributed by atoms with van der Waals surface area (Å²) in [7, 11) is 0. The molecule has 0 radical (unpaired) electrons. The van der Waals surface area contributed by atoms with Crippen LogP contribution in [0, 0.1) is 0 Å². The van der Waals surface area contributed by atoms with Gasteiger partial charge in [-0.3, -0.25) is 4.79 Å². The number of hydrogen-bond donors (Lipinski definition) is 2. The molecule has 0 atom stereocenters. The molecule has 2 N–H and O–H groups in total. The Morgan fingerprint density at radius 3 is 2.75 bits per heavy atom. The molecule has 5 heteroatoms. The Morgan fingerprint density at radius 1 is 1.44 bits per heavy atom. The number of aliphatic hydroxyl groups excluding tert-OH is 1. The number of hydrogen-bond acceptors (Lipinski definition) is 4. The molecule has 0 unspecified atom stereocenters. The average molecular weight is 223 g/mol. The average Bonchev–Trinajstić information content (AvgIpc) is 2.23. The molecule has 1 fully saturated rings. The number of likely N-dealkylation sites (tertiary alicyclic amines) is 1. The summed E-state index contributed by atoms with van der Waals surface area (Å²) in [5.74, 6) is 0.115. The predicted molar refractivity (Wildman–Crippen MR) is 56.2 cm³/mol. The summed E-state index contributed by atoms with van der Waals surface area (Å²) in [6.07, 6.45) is -0.408. The zero-order valence-electron chi connectivity index (χ0n) is 8.67. The van der Waals surface area contributed by atoms with Crippen molar-refractivity contribution in [3.8, 4) is 11.5 Å². The van der Waals surface area contributed by atoms with Gasteiger partial charge in [-0.2, -0.15) is 0 Å². The number of rotatable bonds is 3. The van der Waals surface area contributed by atoms with Crippen LogP contribution >= 0.6 is 0 Å². The van der Waals surface area contributed by atoms with Crippen LogP contribution in [0.3, 0.4) is 0 Å². The SMILES string of the molecule is O=C(COc1ccccc1O)N1CC(O)C1. The number of aliphatic hydroxyl groups is 1. The molecule has 1 amide bonds. The van der Waals surface area contributed by atoms with Crippen molar-refractivity contribution in [2.45, 2.75) is 6.10 Å². The highest BCUT2D eigenvalue weighted by Gasteiger charge is 2.28. The third-order valence-corrected chi connectivity index (χ3v) is 2.43. The molecule has 0 aliphatic carbocycles. The quantitative estimate of drug-likeness (QED) is 0.755. The Labute approximate surface area is 92.9 Å². The minimum atomic E-state index is -0.408. The summed E-state index contributed by atoms with van der Waals surface area (Å²) in [4.78, 5) is 13.0. The lowest BCUT2D eigenvalue weighted by atomic mass is 10.2. The number of carbonyl (C=O) groups is 1. The molecule has 1 saturated heterocycles. The van der Waals surface area contributed by atoms with E-state index in [-0.39, 0.29) is 24.0 Å². The highest BCUT2D eigenvalue weighted by molar-refractivity contribution is 5.78. The first kappa shape index (κ1) is 10.8. The summed E-state index contributed by atoms with van der Waals surface area (Å²) in [6, 6.07) is 6.48. The van der Waals surface area contributed by atoms with Gasteiger partial charge in [-0.1, -0.05) is 12.1 Å². The Bertz CT molecular complexity index is 387. The van der Waals surface area contributed by atoms with Gasteiger partial charge in [-0.15, -0.1) is 0 Å². The van der Waals surface area contributed by atoms with E-state index in [2.05, 4.69) is 0 Å². The van der Waals surface area contributed by atoms with E-state index in [1.165, 1.54) is 11.0 Å². The third-order valence-electron chi connectivity index (χ3n) is 2.43. The van der Waals surface area contributed by atoms with Crippen molar-refractivity contribution in [3.63, 3.8) is 0 Å². The molecule has 0 aromatic heterocycles. The molecule has 16 heavy (non-hydrogen) atoms. The van der Waals surface area contributed by atoms with Gasteiger partial charge >= 0.3 is 0 Å². The van der Waals surface area contributed by atoms with Crippen LogP contribution in [0.15, 0.2) is 24.3 Å². The molecule has 1 aromatic rings. The lowest BCUT2D eigenvalue weighted by molar-refractivity contribution is -0.143. The van der Waals surface area contributed by atoms with Gasteiger partial charge in [-0.25, -0.2) is 0 Å². The molecular weight excluding hydrogens is 210 g/mol. The number of aromatic hydroxyl groups is 1. The third kappa shape index (κ3) is 2.25. The minimum absolute atomic E-state index is 0.0129. The van der Waals surface area contributed by atoms with Crippen molar-refractivity contribution >= 4 is 5.91 Å². The number of nitrogens with zero attached hydrogens (tertiary/aromatic N) is 1. The van der Waals surface area contributed by atoms with Gasteiger partial charge in [-0.05, 0) is 12.1 Å². The van der Waals surface area contributed by atoms with Gasteiger partial charge in [0.15, 0.2) is 18.1 Å². The van der Waals surface area contributed by atoms with Crippen LogP contribution in [0.2, 0.25) is 0 Å². The zero-order valence-corrected chi connectivity index (χ0v) is 8.67.